The van der Waals surface area contributed by atoms with Crippen molar-refractivity contribution in [3.63, 3.8) is 0 Å². The molecule has 2 aliphatic rings. The minimum atomic E-state index is -4.46. The van der Waals surface area contributed by atoms with Gasteiger partial charge in [0.1, 0.15) is 5.71 Å². The predicted molar refractivity (Wildman–Crippen MR) is 169 cm³/mol. The zero-order valence-corrected chi connectivity index (χ0v) is 25.1. The maximum absolute atomic E-state index is 13.2. The molecule has 0 spiro atoms. The Morgan fingerprint density at radius 3 is 1.57 bits per heavy atom. The normalized spacial score (nSPS) is 15.0. The fraction of sp³-hybridized carbons (Fsp3) is 0.108. The fourth-order valence-electron chi connectivity index (χ4n) is 6.29. The number of fused-ring (bicyclic) bond motifs is 7. The molecule has 0 N–H and O–H groups in total. The van der Waals surface area contributed by atoms with E-state index in [2.05, 4.69) is 11.1 Å². The largest absolute Gasteiger partial charge is 0.416 e. The summed E-state index contributed by atoms with van der Waals surface area (Å²) in [5.41, 5.74) is 7.61. The Hall–Kier alpha value is -5.45. The van der Waals surface area contributed by atoms with E-state index in [1.807, 2.05) is 49.5 Å². The monoisotopic (exact) mass is 651 g/mol. The van der Waals surface area contributed by atoms with Crippen LogP contribution in [-0.4, -0.2) is 5.71 Å². The maximum Gasteiger partial charge on any atom is 0.416 e. The lowest BCUT2D eigenvalue weighted by Gasteiger charge is -2.11. The second-order valence-corrected chi connectivity index (χ2v) is 12.1. The van der Waals surface area contributed by atoms with Gasteiger partial charge in [-0.25, -0.2) is 0 Å². The van der Waals surface area contributed by atoms with Crippen LogP contribution >= 0.6 is 11.3 Å². The standard InChI is InChI=1S/C37H19F6N3S/c1-2-19(17-44)30-28-15-22(20-3-9-24(10-4-20)36(38,39)40)7-13-26(28)31-32-27-14-8-23(21-5-11-25(12-6-21)37(41,42)43)16-29(27)33(46-18-45)35(32)47-34(30)31/h3-16H,2H2,1H3/b30-19-,46-33?. The van der Waals surface area contributed by atoms with Crippen LogP contribution in [-0.2, 0) is 12.4 Å². The molecule has 0 fully saturated rings. The van der Waals surface area contributed by atoms with Crippen LogP contribution in [0.3, 0.4) is 0 Å². The summed E-state index contributed by atoms with van der Waals surface area (Å²) < 4.78 is 79.0. The van der Waals surface area contributed by atoms with E-state index < -0.39 is 23.5 Å². The molecule has 5 aromatic rings. The molecule has 0 unspecified atom stereocenters. The molecule has 3 nitrogen and oxygen atoms in total. The van der Waals surface area contributed by atoms with Gasteiger partial charge in [-0.3, -0.25) is 0 Å². The van der Waals surface area contributed by atoms with Gasteiger partial charge in [-0.1, -0.05) is 55.5 Å². The van der Waals surface area contributed by atoms with Gasteiger partial charge in [-0.05, 0) is 81.8 Å². The molecule has 1 aromatic heterocycles. The number of hydrogen-bond acceptors (Lipinski definition) is 4. The Morgan fingerprint density at radius 1 is 0.638 bits per heavy atom. The van der Waals surface area contributed by atoms with Crippen molar-refractivity contribution in [1.29, 1.82) is 10.5 Å². The Bertz CT molecular complexity index is 2260. The van der Waals surface area contributed by atoms with E-state index in [1.54, 1.807) is 0 Å². The van der Waals surface area contributed by atoms with Crippen LogP contribution < -0.4 is 0 Å². The van der Waals surface area contributed by atoms with Crippen molar-refractivity contribution in [2.75, 3.05) is 0 Å². The number of benzene rings is 4. The molecular formula is C37H19F6N3S. The summed E-state index contributed by atoms with van der Waals surface area (Å²) in [6, 6.07) is 23.3. The summed E-state index contributed by atoms with van der Waals surface area (Å²) in [4.78, 5) is 5.76. The number of nitrogens with zero attached hydrogens (tertiary/aromatic N) is 3. The first-order valence-electron chi connectivity index (χ1n) is 14.4. The number of nitriles is 2. The summed E-state index contributed by atoms with van der Waals surface area (Å²) in [5, 5.41) is 19.8. The van der Waals surface area contributed by atoms with E-state index in [9.17, 15) is 36.9 Å². The van der Waals surface area contributed by atoms with Crippen LogP contribution in [0.15, 0.2) is 95.5 Å². The van der Waals surface area contributed by atoms with Gasteiger partial charge in [0.2, 0.25) is 6.19 Å². The van der Waals surface area contributed by atoms with Gasteiger partial charge in [-0.2, -0.15) is 41.9 Å². The van der Waals surface area contributed by atoms with E-state index in [1.165, 1.54) is 35.6 Å². The molecular weight excluding hydrogens is 632 g/mol. The summed E-state index contributed by atoms with van der Waals surface area (Å²) >= 11 is 1.41. The molecule has 0 saturated heterocycles. The lowest BCUT2D eigenvalue weighted by atomic mass is 9.93. The molecule has 7 rings (SSSR count). The third-order valence-corrected chi connectivity index (χ3v) is 9.71. The molecule has 0 bridgehead atoms. The van der Waals surface area contributed by atoms with Gasteiger partial charge in [-0.15, -0.1) is 11.3 Å². The second kappa shape index (κ2) is 10.8. The Labute approximate surface area is 269 Å². The Morgan fingerprint density at radius 2 is 1.11 bits per heavy atom. The summed E-state index contributed by atoms with van der Waals surface area (Å²) in [6.07, 6.45) is -6.57. The highest BCUT2D eigenvalue weighted by atomic mass is 32.1. The number of hydrogen-bond donors (Lipinski definition) is 0. The van der Waals surface area contributed by atoms with Gasteiger partial charge in [0.15, 0.2) is 0 Å². The first-order chi connectivity index (χ1) is 22.4. The Kier molecular flexibility index (Phi) is 6.96. The SMILES string of the molecule is CC/C(C#N)=C1\c2cc(-c3ccc(C(F)(F)F)cc3)ccc2-c2c1sc1c2-c2ccc(-c3ccc(C(F)(F)F)cc3)cc2C1=NC#N. The third kappa shape index (κ3) is 4.84. The van der Waals surface area contributed by atoms with Crippen LogP contribution in [0.25, 0.3) is 50.1 Å². The summed E-state index contributed by atoms with van der Waals surface area (Å²) in [5.74, 6) is 0. The second-order valence-electron chi connectivity index (χ2n) is 11.1. The van der Waals surface area contributed by atoms with Crippen LogP contribution in [0.4, 0.5) is 26.3 Å². The molecule has 0 saturated carbocycles. The number of aliphatic imine (C=N–C) groups is 1. The average Bonchev–Trinajstić information content (AvgIpc) is 3.67. The Balaban J connectivity index is 1.39. The zero-order chi connectivity index (χ0) is 33.2. The minimum Gasteiger partial charge on any atom is -0.193 e. The van der Waals surface area contributed by atoms with Crippen molar-refractivity contribution in [3.05, 3.63) is 123 Å². The van der Waals surface area contributed by atoms with Crippen LogP contribution in [0.2, 0.25) is 0 Å². The van der Waals surface area contributed by atoms with Gasteiger partial charge >= 0.3 is 12.4 Å². The van der Waals surface area contributed by atoms with E-state index in [0.717, 1.165) is 67.4 Å². The quantitative estimate of drug-likeness (QED) is 0.108. The number of halogens is 6. The van der Waals surface area contributed by atoms with Crippen molar-refractivity contribution in [3.8, 4) is 56.8 Å². The molecule has 0 radical (unpaired) electrons. The van der Waals surface area contributed by atoms with E-state index in [0.29, 0.717) is 45.5 Å². The molecule has 0 atom stereocenters. The van der Waals surface area contributed by atoms with E-state index in [4.69, 9.17) is 0 Å². The first-order valence-corrected chi connectivity index (χ1v) is 15.2. The molecule has 230 valence electrons. The smallest absolute Gasteiger partial charge is 0.193 e. The number of rotatable bonds is 3. The predicted octanol–water partition coefficient (Wildman–Crippen LogP) is 11.1. The van der Waals surface area contributed by atoms with Crippen molar-refractivity contribution in [2.24, 2.45) is 4.99 Å². The molecule has 4 aromatic carbocycles. The number of thiophene rings is 1. The first kappa shape index (κ1) is 30.2. The highest BCUT2D eigenvalue weighted by Gasteiger charge is 2.39. The molecule has 0 amide bonds. The zero-order valence-electron chi connectivity index (χ0n) is 24.3. The lowest BCUT2D eigenvalue weighted by molar-refractivity contribution is -0.138. The molecule has 1 heterocycles. The van der Waals surface area contributed by atoms with Crippen molar-refractivity contribution in [1.82, 2.24) is 0 Å². The van der Waals surface area contributed by atoms with Crippen LogP contribution in [0.1, 0.15) is 45.4 Å². The van der Waals surface area contributed by atoms with Crippen molar-refractivity contribution < 1.29 is 26.3 Å². The topological polar surface area (TPSA) is 59.9 Å². The number of allylic oxidation sites excluding steroid dienone is 1. The van der Waals surface area contributed by atoms with Gasteiger partial charge in [0.05, 0.1) is 22.1 Å². The van der Waals surface area contributed by atoms with Crippen molar-refractivity contribution >= 4 is 22.6 Å². The van der Waals surface area contributed by atoms with Gasteiger partial charge in [0.25, 0.3) is 0 Å². The van der Waals surface area contributed by atoms with Crippen LogP contribution in [0, 0.1) is 22.8 Å². The number of alkyl halides is 6. The van der Waals surface area contributed by atoms with Gasteiger partial charge in [0, 0.05) is 32.7 Å². The van der Waals surface area contributed by atoms with Crippen LogP contribution in [0.5, 0.6) is 0 Å². The highest BCUT2D eigenvalue weighted by Crippen LogP contribution is 2.59. The fourth-order valence-corrected chi connectivity index (χ4v) is 7.71. The average molecular weight is 652 g/mol. The lowest BCUT2D eigenvalue weighted by Crippen LogP contribution is -2.04. The third-order valence-electron chi connectivity index (χ3n) is 8.50. The molecule has 2 aliphatic carbocycles. The van der Waals surface area contributed by atoms with Crippen molar-refractivity contribution in [2.45, 2.75) is 25.7 Å². The maximum atomic E-state index is 13.2. The van der Waals surface area contributed by atoms with E-state index >= 15 is 0 Å². The summed E-state index contributed by atoms with van der Waals surface area (Å²) in [7, 11) is 0. The minimum absolute atomic E-state index is 0.447. The summed E-state index contributed by atoms with van der Waals surface area (Å²) in [6.45, 7) is 1.88. The molecule has 10 heteroatoms. The molecule has 47 heavy (non-hydrogen) atoms. The highest BCUT2D eigenvalue weighted by molar-refractivity contribution is 7.17. The van der Waals surface area contributed by atoms with E-state index in [-0.39, 0.29) is 0 Å². The van der Waals surface area contributed by atoms with Gasteiger partial charge < -0.3 is 0 Å². The molecule has 0 aliphatic heterocycles.